The van der Waals surface area contributed by atoms with Crippen molar-refractivity contribution in [1.82, 2.24) is 9.96 Å². The minimum absolute atomic E-state index is 0. The number of aliphatic imine (C=N–C) groups is 1. The van der Waals surface area contributed by atoms with E-state index in [1.165, 1.54) is 4.90 Å². The maximum absolute atomic E-state index is 12.1. The van der Waals surface area contributed by atoms with Gasteiger partial charge in [0.05, 0.1) is 12.1 Å². The monoisotopic (exact) mass is 357 g/mol. The van der Waals surface area contributed by atoms with Crippen LogP contribution in [-0.2, 0) is 19.5 Å². The van der Waals surface area contributed by atoms with Crippen LogP contribution in [0.25, 0.3) is 0 Å². The van der Waals surface area contributed by atoms with Crippen LogP contribution in [0.1, 0.15) is 19.3 Å². The van der Waals surface area contributed by atoms with Crippen molar-refractivity contribution in [1.29, 1.82) is 0 Å². The summed E-state index contributed by atoms with van der Waals surface area (Å²) in [5.41, 5.74) is 11.0. The minimum Gasteiger partial charge on any atom is -0.724 e. The Labute approximate surface area is 155 Å². The van der Waals surface area contributed by atoms with Crippen LogP contribution >= 0.6 is 0 Å². The first-order valence-electron chi connectivity index (χ1n) is 6.55. The summed E-state index contributed by atoms with van der Waals surface area (Å²) in [7, 11) is -5.04. The number of fused-ring (bicyclic) bond motifs is 2. The number of urea groups is 1. The molecule has 3 amide bonds. The number of carbonyl (C=O) groups is 2. The van der Waals surface area contributed by atoms with E-state index in [0.29, 0.717) is 17.9 Å². The number of carbonyl (C=O) groups excluding carboxylic acids is 2. The van der Waals surface area contributed by atoms with E-state index in [1.807, 2.05) is 0 Å². The molecule has 13 heteroatoms. The van der Waals surface area contributed by atoms with Gasteiger partial charge in [-0.15, -0.1) is 0 Å². The quantitative estimate of drug-likeness (QED) is 0.162. The topological polar surface area (TPSA) is 171 Å². The van der Waals surface area contributed by atoms with Crippen LogP contribution in [0.2, 0.25) is 0 Å². The van der Waals surface area contributed by atoms with Gasteiger partial charge in [0.2, 0.25) is 16.3 Å². The number of amides is 3. The van der Waals surface area contributed by atoms with E-state index >= 15 is 0 Å². The van der Waals surface area contributed by atoms with Gasteiger partial charge in [-0.05, 0) is 12.8 Å². The Morgan fingerprint density at radius 2 is 2.09 bits per heavy atom. The maximum Gasteiger partial charge on any atom is 1.00 e. The third-order valence-corrected chi connectivity index (χ3v) is 3.79. The predicted octanol–water partition coefficient (Wildman–Crippen LogP) is -5.12. The van der Waals surface area contributed by atoms with E-state index in [1.54, 1.807) is 0 Å². The van der Waals surface area contributed by atoms with Crippen LogP contribution in [0.15, 0.2) is 4.99 Å². The van der Waals surface area contributed by atoms with Gasteiger partial charge in [-0.25, -0.2) is 13.2 Å². The second kappa shape index (κ2) is 7.88. The Hall–Kier alpha value is -0.760. The molecule has 23 heavy (non-hydrogen) atoms. The molecule has 2 bridgehead atoms. The molecule has 2 saturated heterocycles. The molecule has 2 aliphatic heterocycles. The Balaban J connectivity index is 0.00000264. The Morgan fingerprint density at radius 3 is 2.65 bits per heavy atom. The standard InChI is InChI=1S/C10H17N5O6S.Na/c11-4-3-8(16)13-9(12)7-2-1-6-5-14(7)10(17)15(6)21-22(18,19)20;/h6-7H,1-5,11H2,(H2,12,13,16)(H,18,19,20);/q;+1/p-1/t6-,7+;/m1./s1. The molecule has 0 aromatic heterocycles. The summed E-state index contributed by atoms with van der Waals surface area (Å²) in [5.74, 6) is -0.541. The van der Waals surface area contributed by atoms with Crippen molar-refractivity contribution in [3.8, 4) is 0 Å². The first-order chi connectivity index (χ1) is 10.2. The molecule has 0 aliphatic carbocycles. The van der Waals surface area contributed by atoms with Gasteiger partial charge in [0.1, 0.15) is 5.84 Å². The van der Waals surface area contributed by atoms with Crippen LogP contribution in [0, 0.1) is 0 Å². The normalized spacial score (nSPS) is 24.6. The van der Waals surface area contributed by atoms with Crippen molar-refractivity contribution in [2.24, 2.45) is 16.5 Å². The largest absolute Gasteiger partial charge is 1.00 e. The second-order valence-electron chi connectivity index (χ2n) is 4.96. The molecular weight excluding hydrogens is 341 g/mol. The Bertz CT molecular complexity index is 611. The van der Waals surface area contributed by atoms with Crippen molar-refractivity contribution in [2.75, 3.05) is 13.1 Å². The fourth-order valence-corrected chi connectivity index (χ4v) is 2.92. The molecule has 2 heterocycles. The summed E-state index contributed by atoms with van der Waals surface area (Å²) >= 11 is 0. The van der Waals surface area contributed by atoms with E-state index in [-0.39, 0.29) is 54.9 Å². The zero-order chi connectivity index (χ0) is 16.5. The first kappa shape index (κ1) is 20.3. The molecule has 0 radical (unpaired) electrons. The van der Waals surface area contributed by atoms with Crippen molar-refractivity contribution in [3.63, 3.8) is 0 Å². The van der Waals surface area contributed by atoms with Crippen molar-refractivity contribution < 1.29 is 56.4 Å². The summed E-state index contributed by atoms with van der Waals surface area (Å²) in [5, 5.41) is 0.539. The number of hydroxylamine groups is 2. The van der Waals surface area contributed by atoms with Gasteiger partial charge in [0, 0.05) is 19.5 Å². The Morgan fingerprint density at radius 1 is 1.43 bits per heavy atom. The molecule has 0 unspecified atom stereocenters. The molecule has 124 valence electrons. The summed E-state index contributed by atoms with van der Waals surface area (Å²) in [6, 6.07) is -2.00. The summed E-state index contributed by atoms with van der Waals surface area (Å²) in [6.07, 6.45) is 0.776. The van der Waals surface area contributed by atoms with E-state index in [2.05, 4.69) is 9.28 Å². The number of rotatable bonds is 5. The van der Waals surface area contributed by atoms with Gasteiger partial charge in [-0.2, -0.15) is 14.3 Å². The SMILES string of the molecule is NCCC(=O)N=C(N)[C@@H]1CC[C@@H]2CN1C(=O)N2OS(=O)(=O)[O-].[Na+]. The number of hydrogen-bond acceptors (Lipinski definition) is 7. The molecule has 2 rings (SSSR count). The van der Waals surface area contributed by atoms with Gasteiger partial charge in [-0.3, -0.25) is 4.79 Å². The fraction of sp³-hybridized carbons (Fsp3) is 0.700. The molecule has 2 atom stereocenters. The molecule has 2 fully saturated rings. The molecule has 0 aromatic rings. The molecule has 0 spiro atoms. The van der Waals surface area contributed by atoms with Crippen LogP contribution < -0.4 is 41.0 Å². The zero-order valence-corrected chi connectivity index (χ0v) is 15.4. The number of nitrogens with two attached hydrogens (primary N) is 2. The second-order valence-corrected chi connectivity index (χ2v) is 5.93. The minimum atomic E-state index is -5.04. The fourth-order valence-electron chi connectivity index (χ4n) is 2.53. The zero-order valence-electron chi connectivity index (χ0n) is 12.5. The predicted molar refractivity (Wildman–Crippen MR) is 71.8 cm³/mol. The van der Waals surface area contributed by atoms with Crippen molar-refractivity contribution in [3.05, 3.63) is 0 Å². The average molecular weight is 357 g/mol. The van der Waals surface area contributed by atoms with Crippen LogP contribution in [0.3, 0.4) is 0 Å². The Kier molecular flexibility index (Phi) is 6.95. The third kappa shape index (κ3) is 4.86. The van der Waals surface area contributed by atoms with Crippen LogP contribution in [0.4, 0.5) is 4.79 Å². The van der Waals surface area contributed by atoms with E-state index in [0.717, 1.165) is 0 Å². The van der Waals surface area contributed by atoms with E-state index in [9.17, 15) is 22.6 Å². The van der Waals surface area contributed by atoms with Crippen LogP contribution in [0.5, 0.6) is 0 Å². The summed E-state index contributed by atoms with van der Waals surface area (Å²) < 4.78 is 36.1. The van der Waals surface area contributed by atoms with Gasteiger partial charge in [-0.1, -0.05) is 0 Å². The number of nitrogens with zero attached hydrogens (tertiary/aromatic N) is 3. The maximum atomic E-state index is 12.1. The van der Waals surface area contributed by atoms with Gasteiger partial charge < -0.3 is 20.9 Å². The third-order valence-electron chi connectivity index (χ3n) is 3.45. The van der Waals surface area contributed by atoms with Gasteiger partial charge >= 0.3 is 35.6 Å². The smallest absolute Gasteiger partial charge is 0.724 e. The van der Waals surface area contributed by atoms with E-state index < -0.39 is 34.4 Å². The van der Waals surface area contributed by atoms with Gasteiger partial charge in [0.15, 0.2) is 0 Å². The number of hydrogen-bond donors (Lipinski definition) is 2. The number of amidine groups is 1. The summed E-state index contributed by atoms with van der Waals surface area (Å²) in [4.78, 5) is 28.4. The first-order valence-corrected chi connectivity index (χ1v) is 7.88. The number of piperidine rings is 1. The summed E-state index contributed by atoms with van der Waals surface area (Å²) in [6.45, 7) is 0.272. The van der Waals surface area contributed by atoms with Crippen LogP contribution in [-0.4, -0.2) is 65.9 Å². The molecule has 11 nitrogen and oxygen atoms in total. The molecule has 0 aromatic carbocycles. The average Bonchev–Trinajstić information content (AvgIpc) is 2.63. The van der Waals surface area contributed by atoms with Gasteiger partial charge in [0.25, 0.3) is 0 Å². The molecule has 2 aliphatic rings. The molecule has 0 saturated carbocycles. The van der Waals surface area contributed by atoms with Crippen molar-refractivity contribution >= 4 is 28.2 Å². The van der Waals surface area contributed by atoms with Crippen molar-refractivity contribution in [2.45, 2.75) is 31.3 Å². The molecule has 4 N–H and O–H groups in total. The van der Waals surface area contributed by atoms with E-state index in [4.69, 9.17) is 11.5 Å². The molecular formula is C10H16N5NaO6S.